The molecule has 0 fully saturated rings. The maximum atomic E-state index is 11.1. The van der Waals surface area contributed by atoms with Crippen molar-refractivity contribution in [1.82, 2.24) is 5.32 Å². The summed E-state index contributed by atoms with van der Waals surface area (Å²) in [6.07, 6.45) is 1.02. The Hall–Kier alpha value is -0.220. The van der Waals surface area contributed by atoms with Crippen LogP contribution < -0.4 is 5.32 Å². The van der Waals surface area contributed by atoms with Crippen LogP contribution in [0.2, 0.25) is 0 Å². The molecule has 0 rings (SSSR count). The van der Waals surface area contributed by atoms with Crippen LogP contribution in [0.4, 0.5) is 0 Å². The van der Waals surface area contributed by atoms with Crippen molar-refractivity contribution >= 4 is 17.7 Å². The van der Waals surface area contributed by atoms with E-state index in [2.05, 4.69) is 19.2 Å². The van der Waals surface area contributed by atoms with Gasteiger partial charge in [-0.1, -0.05) is 13.8 Å². The zero-order valence-corrected chi connectivity index (χ0v) is 9.19. The van der Waals surface area contributed by atoms with Gasteiger partial charge in [-0.2, -0.15) is 0 Å². The molecule has 0 aliphatic rings. The minimum atomic E-state index is 0.0686. The molecule has 0 atom stereocenters. The van der Waals surface area contributed by atoms with E-state index in [1.807, 2.05) is 0 Å². The lowest BCUT2D eigenvalue weighted by atomic mass is 10.1. The summed E-state index contributed by atoms with van der Waals surface area (Å²) in [7, 11) is 0. The minimum absolute atomic E-state index is 0.0686. The van der Waals surface area contributed by atoms with Gasteiger partial charge in [0, 0.05) is 12.3 Å². The topological polar surface area (TPSA) is 49.3 Å². The van der Waals surface area contributed by atoms with Gasteiger partial charge in [0.15, 0.2) is 0 Å². The largest absolute Gasteiger partial charge is 0.396 e. The first-order valence-corrected chi connectivity index (χ1v) is 5.77. The number of aliphatic hydroxyl groups is 1. The van der Waals surface area contributed by atoms with Gasteiger partial charge < -0.3 is 10.4 Å². The second kappa shape index (κ2) is 8.38. The Bertz CT molecular complexity index is 140. The third-order valence-electron chi connectivity index (χ3n) is 1.51. The second-order valence-electron chi connectivity index (χ2n) is 3.31. The van der Waals surface area contributed by atoms with Gasteiger partial charge in [0.1, 0.15) is 0 Å². The number of hydrogen-bond donors (Lipinski definition) is 2. The highest BCUT2D eigenvalue weighted by Crippen LogP contribution is 1.99. The Morgan fingerprint density at radius 3 is 2.77 bits per heavy atom. The van der Waals surface area contributed by atoms with Gasteiger partial charge in [-0.3, -0.25) is 4.79 Å². The van der Waals surface area contributed by atoms with E-state index in [-0.39, 0.29) is 12.5 Å². The third-order valence-corrected chi connectivity index (χ3v) is 2.45. The van der Waals surface area contributed by atoms with Crippen LogP contribution in [-0.2, 0) is 4.79 Å². The lowest BCUT2D eigenvalue weighted by Crippen LogP contribution is -2.27. The molecular formula is C9H19NO2S. The van der Waals surface area contributed by atoms with Crippen molar-refractivity contribution in [2.24, 2.45) is 5.92 Å². The van der Waals surface area contributed by atoms with Crippen molar-refractivity contribution < 1.29 is 9.90 Å². The zero-order chi connectivity index (χ0) is 10.1. The van der Waals surface area contributed by atoms with E-state index in [0.717, 1.165) is 13.0 Å². The number of hydrogen-bond acceptors (Lipinski definition) is 3. The molecular weight excluding hydrogens is 186 g/mol. The van der Waals surface area contributed by atoms with Crippen LogP contribution in [0.25, 0.3) is 0 Å². The molecule has 0 heterocycles. The summed E-state index contributed by atoms with van der Waals surface area (Å²) in [6.45, 7) is 5.17. The maximum Gasteiger partial charge on any atom is 0.229 e. The van der Waals surface area contributed by atoms with Crippen molar-refractivity contribution in [2.45, 2.75) is 20.3 Å². The van der Waals surface area contributed by atoms with E-state index in [4.69, 9.17) is 5.11 Å². The summed E-state index contributed by atoms with van der Waals surface area (Å²) in [5.41, 5.74) is 0. The molecule has 0 unspecified atom stereocenters. The highest BCUT2D eigenvalue weighted by molar-refractivity contribution is 7.99. The summed E-state index contributed by atoms with van der Waals surface area (Å²) in [6, 6.07) is 0. The van der Waals surface area contributed by atoms with Crippen molar-refractivity contribution in [3.05, 3.63) is 0 Å². The summed E-state index contributed by atoms with van der Waals surface area (Å²) >= 11 is 1.46. The van der Waals surface area contributed by atoms with Crippen LogP contribution in [0, 0.1) is 5.92 Å². The molecule has 0 radical (unpaired) electrons. The first-order chi connectivity index (χ1) is 6.16. The fourth-order valence-electron chi connectivity index (χ4n) is 0.781. The fourth-order valence-corrected chi connectivity index (χ4v) is 1.34. The number of aliphatic hydroxyl groups excluding tert-OH is 1. The molecule has 4 heteroatoms. The van der Waals surface area contributed by atoms with Gasteiger partial charge in [0.2, 0.25) is 5.91 Å². The molecule has 0 spiro atoms. The van der Waals surface area contributed by atoms with Crippen molar-refractivity contribution in [1.29, 1.82) is 0 Å². The summed E-state index contributed by atoms with van der Waals surface area (Å²) in [5.74, 6) is 1.79. The lowest BCUT2D eigenvalue weighted by molar-refractivity contribution is -0.118. The van der Waals surface area contributed by atoms with E-state index >= 15 is 0 Å². The highest BCUT2D eigenvalue weighted by atomic mass is 32.2. The number of thioether (sulfide) groups is 1. The van der Waals surface area contributed by atoms with Gasteiger partial charge >= 0.3 is 0 Å². The minimum Gasteiger partial charge on any atom is -0.396 e. The number of nitrogens with one attached hydrogen (secondary N) is 1. The summed E-state index contributed by atoms with van der Waals surface area (Å²) in [5, 5.41) is 11.3. The maximum absolute atomic E-state index is 11.1. The van der Waals surface area contributed by atoms with Crippen molar-refractivity contribution in [3.8, 4) is 0 Å². The van der Waals surface area contributed by atoms with Gasteiger partial charge in [-0.25, -0.2) is 0 Å². The van der Waals surface area contributed by atoms with Crippen LogP contribution in [0.1, 0.15) is 20.3 Å². The number of carbonyl (C=O) groups excluding carboxylic acids is 1. The Morgan fingerprint density at radius 1 is 1.54 bits per heavy atom. The average molecular weight is 205 g/mol. The molecule has 0 saturated carbocycles. The highest BCUT2D eigenvalue weighted by Gasteiger charge is 2.00. The molecule has 0 aliphatic heterocycles. The van der Waals surface area contributed by atoms with Gasteiger partial charge in [0.25, 0.3) is 0 Å². The van der Waals surface area contributed by atoms with Gasteiger partial charge in [-0.15, -0.1) is 11.8 Å². The first kappa shape index (κ1) is 12.8. The molecule has 0 aromatic carbocycles. The van der Waals surface area contributed by atoms with E-state index < -0.39 is 0 Å². The number of carbonyl (C=O) groups is 1. The standard InChI is InChI=1S/C9H19NO2S/c1-8(2)3-4-10-9(12)7-13-6-5-11/h8,11H,3-7H2,1-2H3,(H,10,12). The fraction of sp³-hybridized carbons (Fsp3) is 0.889. The molecule has 13 heavy (non-hydrogen) atoms. The second-order valence-corrected chi connectivity index (χ2v) is 4.41. The van der Waals surface area contributed by atoms with E-state index in [1.54, 1.807) is 0 Å². The predicted molar refractivity (Wildman–Crippen MR) is 56.9 cm³/mol. The smallest absolute Gasteiger partial charge is 0.229 e. The van der Waals surface area contributed by atoms with Crippen molar-refractivity contribution in [2.75, 3.05) is 24.7 Å². The van der Waals surface area contributed by atoms with E-state index in [1.165, 1.54) is 11.8 Å². The Labute approximate surface area is 84.3 Å². The average Bonchev–Trinajstić information content (AvgIpc) is 2.04. The Morgan fingerprint density at radius 2 is 2.23 bits per heavy atom. The molecule has 78 valence electrons. The molecule has 2 N–H and O–H groups in total. The van der Waals surface area contributed by atoms with Crippen LogP contribution in [-0.4, -0.2) is 35.7 Å². The van der Waals surface area contributed by atoms with Gasteiger partial charge in [-0.05, 0) is 12.3 Å². The number of amides is 1. The number of rotatable bonds is 7. The molecule has 1 amide bonds. The molecule has 0 saturated heterocycles. The van der Waals surface area contributed by atoms with E-state index in [9.17, 15) is 4.79 Å². The lowest BCUT2D eigenvalue weighted by Gasteiger charge is -2.06. The van der Waals surface area contributed by atoms with Crippen LogP contribution in [0.5, 0.6) is 0 Å². The Kier molecular flexibility index (Phi) is 8.24. The molecule has 3 nitrogen and oxygen atoms in total. The third kappa shape index (κ3) is 9.70. The zero-order valence-electron chi connectivity index (χ0n) is 8.38. The normalized spacial score (nSPS) is 10.5. The van der Waals surface area contributed by atoms with Crippen LogP contribution in [0.3, 0.4) is 0 Å². The molecule has 0 aliphatic carbocycles. The Balaban J connectivity index is 3.20. The summed E-state index contributed by atoms with van der Waals surface area (Å²) in [4.78, 5) is 11.1. The molecule has 0 aromatic rings. The van der Waals surface area contributed by atoms with Crippen LogP contribution in [0.15, 0.2) is 0 Å². The monoisotopic (exact) mass is 205 g/mol. The molecule has 0 bridgehead atoms. The SMILES string of the molecule is CC(C)CCNC(=O)CSCCO. The van der Waals surface area contributed by atoms with Crippen molar-refractivity contribution in [3.63, 3.8) is 0 Å². The summed E-state index contributed by atoms with van der Waals surface area (Å²) < 4.78 is 0. The van der Waals surface area contributed by atoms with E-state index in [0.29, 0.717) is 17.4 Å². The first-order valence-electron chi connectivity index (χ1n) is 4.62. The van der Waals surface area contributed by atoms with Gasteiger partial charge in [0.05, 0.1) is 12.4 Å². The molecule has 0 aromatic heterocycles. The quantitative estimate of drug-likeness (QED) is 0.606. The van der Waals surface area contributed by atoms with Crippen LogP contribution >= 0.6 is 11.8 Å². The predicted octanol–water partition coefficient (Wildman–Crippen LogP) is 0.874.